The SMILES string of the molecule is CC(C)CC1=CCC(=S)C(c2cccc3c2CC(C)C3=O)=C1. The molecule has 0 aliphatic heterocycles. The minimum absolute atomic E-state index is 0.0968. The summed E-state index contributed by atoms with van der Waals surface area (Å²) in [5.74, 6) is 1.01. The van der Waals surface area contributed by atoms with E-state index in [4.69, 9.17) is 12.2 Å². The Kier molecular flexibility index (Phi) is 4.14. The first-order chi connectivity index (χ1) is 10.5. The third kappa shape index (κ3) is 2.72. The predicted octanol–water partition coefficient (Wildman–Crippen LogP) is 5.19. The number of thiocarbonyl (C=S) groups is 1. The summed E-state index contributed by atoms with van der Waals surface area (Å²) < 4.78 is 0. The highest BCUT2D eigenvalue weighted by Gasteiger charge is 2.30. The van der Waals surface area contributed by atoms with Crippen molar-refractivity contribution in [3.05, 3.63) is 52.6 Å². The number of fused-ring (bicyclic) bond motifs is 1. The Bertz CT molecular complexity index is 706. The largest absolute Gasteiger partial charge is 0.294 e. The van der Waals surface area contributed by atoms with Crippen LogP contribution in [0.15, 0.2) is 35.9 Å². The fraction of sp³-hybridized carbons (Fsp3) is 0.400. The number of carbonyl (C=O) groups excluding carboxylic acids is 1. The monoisotopic (exact) mass is 310 g/mol. The molecule has 0 amide bonds. The maximum atomic E-state index is 12.3. The van der Waals surface area contributed by atoms with Crippen LogP contribution in [0.25, 0.3) is 5.57 Å². The smallest absolute Gasteiger partial charge is 0.166 e. The van der Waals surface area contributed by atoms with Gasteiger partial charge in [0.15, 0.2) is 5.78 Å². The fourth-order valence-corrected chi connectivity index (χ4v) is 3.71. The fourth-order valence-electron chi connectivity index (χ4n) is 3.45. The van der Waals surface area contributed by atoms with Gasteiger partial charge < -0.3 is 0 Å². The van der Waals surface area contributed by atoms with Crippen LogP contribution >= 0.6 is 12.2 Å². The highest BCUT2D eigenvalue weighted by atomic mass is 32.1. The number of carbonyl (C=O) groups is 1. The summed E-state index contributed by atoms with van der Waals surface area (Å²) >= 11 is 5.61. The molecule has 0 bridgehead atoms. The Labute approximate surface area is 138 Å². The average molecular weight is 310 g/mol. The van der Waals surface area contributed by atoms with E-state index in [2.05, 4.69) is 32.1 Å². The lowest BCUT2D eigenvalue weighted by Gasteiger charge is -2.19. The molecule has 0 radical (unpaired) electrons. The lowest BCUT2D eigenvalue weighted by atomic mass is 9.87. The zero-order valence-electron chi connectivity index (χ0n) is 13.5. The second kappa shape index (κ2) is 5.92. The van der Waals surface area contributed by atoms with Crippen LogP contribution in [0.2, 0.25) is 0 Å². The molecule has 114 valence electrons. The van der Waals surface area contributed by atoms with Crippen molar-refractivity contribution < 1.29 is 4.79 Å². The quantitative estimate of drug-likeness (QED) is 0.715. The molecule has 3 rings (SSSR count). The molecule has 1 unspecified atom stereocenters. The molecule has 0 aromatic heterocycles. The van der Waals surface area contributed by atoms with Crippen molar-refractivity contribution in [3.63, 3.8) is 0 Å². The van der Waals surface area contributed by atoms with Crippen molar-refractivity contribution in [2.45, 2.75) is 40.0 Å². The Balaban J connectivity index is 2.04. The van der Waals surface area contributed by atoms with E-state index in [-0.39, 0.29) is 11.7 Å². The Hall–Kier alpha value is -1.54. The summed E-state index contributed by atoms with van der Waals surface area (Å²) in [5, 5.41) is 0. The van der Waals surface area contributed by atoms with Gasteiger partial charge in [0.05, 0.1) is 0 Å². The molecule has 0 fully saturated rings. The summed E-state index contributed by atoms with van der Waals surface area (Å²) in [5.41, 5.74) is 5.79. The zero-order chi connectivity index (χ0) is 15.9. The van der Waals surface area contributed by atoms with Gasteiger partial charge in [-0.05, 0) is 35.5 Å². The number of rotatable bonds is 3. The van der Waals surface area contributed by atoms with Gasteiger partial charge in [0.25, 0.3) is 0 Å². The summed E-state index contributed by atoms with van der Waals surface area (Å²) in [6.45, 7) is 6.49. The summed E-state index contributed by atoms with van der Waals surface area (Å²) in [7, 11) is 0. The van der Waals surface area contributed by atoms with E-state index in [0.717, 1.165) is 35.3 Å². The highest BCUT2D eigenvalue weighted by molar-refractivity contribution is 7.81. The van der Waals surface area contributed by atoms with Crippen LogP contribution in [0.1, 0.15) is 55.1 Å². The maximum Gasteiger partial charge on any atom is 0.166 e. The topological polar surface area (TPSA) is 17.1 Å². The van der Waals surface area contributed by atoms with Gasteiger partial charge in [0.1, 0.15) is 0 Å². The van der Waals surface area contributed by atoms with Crippen molar-refractivity contribution in [1.29, 1.82) is 0 Å². The minimum atomic E-state index is 0.0968. The molecule has 1 aromatic rings. The normalized spacial score (nSPS) is 21.0. The number of Topliss-reactive ketones (excluding diaryl/α,β-unsaturated/α-hetero) is 1. The molecule has 2 aliphatic rings. The van der Waals surface area contributed by atoms with E-state index < -0.39 is 0 Å². The number of ketones is 1. The van der Waals surface area contributed by atoms with Gasteiger partial charge in [-0.2, -0.15) is 0 Å². The van der Waals surface area contributed by atoms with E-state index in [1.54, 1.807) is 0 Å². The zero-order valence-corrected chi connectivity index (χ0v) is 14.3. The lowest BCUT2D eigenvalue weighted by Crippen LogP contribution is -2.07. The van der Waals surface area contributed by atoms with Gasteiger partial charge in [0.2, 0.25) is 0 Å². The van der Waals surface area contributed by atoms with Gasteiger partial charge >= 0.3 is 0 Å². The molecule has 1 aromatic carbocycles. The third-order valence-corrected chi connectivity index (χ3v) is 4.90. The molecule has 0 spiro atoms. The predicted molar refractivity (Wildman–Crippen MR) is 96.4 cm³/mol. The molecule has 1 nitrogen and oxygen atoms in total. The van der Waals surface area contributed by atoms with Gasteiger partial charge in [-0.3, -0.25) is 4.79 Å². The van der Waals surface area contributed by atoms with Gasteiger partial charge in [-0.15, -0.1) is 0 Å². The molecule has 2 heteroatoms. The molecule has 1 atom stereocenters. The molecule has 0 heterocycles. The van der Waals surface area contributed by atoms with E-state index in [0.29, 0.717) is 5.92 Å². The number of hydrogen-bond donors (Lipinski definition) is 0. The van der Waals surface area contributed by atoms with E-state index in [9.17, 15) is 4.79 Å². The number of hydrogen-bond acceptors (Lipinski definition) is 2. The minimum Gasteiger partial charge on any atom is -0.294 e. The van der Waals surface area contributed by atoms with Crippen LogP contribution in [-0.4, -0.2) is 10.6 Å². The van der Waals surface area contributed by atoms with Gasteiger partial charge in [-0.25, -0.2) is 0 Å². The van der Waals surface area contributed by atoms with Crippen LogP contribution in [0, 0.1) is 11.8 Å². The van der Waals surface area contributed by atoms with Gasteiger partial charge in [0, 0.05) is 22.8 Å². The first-order valence-electron chi connectivity index (χ1n) is 8.07. The second-order valence-electron chi connectivity index (χ2n) is 6.86. The molecule has 2 aliphatic carbocycles. The lowest BCUT2D eigenvalue weighted by molar-refractivity contribution is 0.0946. The first kappa shape index (κ1) is 15.4. The summed E-state index contributed by atoms with van der Waals surface area (Å²) in [6, 6.07) is 6.08. The second-order valence-corrected chi connectivity index (χ2v) is 7.36. The average Bonchev–Trinajstić information content (AvgIpc) is 2.76. The van der Waals surface area contributed by atoms with Crippen LogP contribution < -0.4 is 0 Å². The third-order valence-electron chi connectivity index (χ3n) is 4.51. The van der Waals surface area contributed by atoms with Crippen molar-refractivity contribution in [1.82, 2.24) is 0 Å². The Morgan fingerprint density at radius 2 is 2.00 bits per heavy atom. The van der Waals surface area contributed by atoms with Crippen molar-refractivity contribution in [2.75, 3.05) is 0 Å². The van der Waals surface area contributed by atoms with Crippen LogP contribution in [0.3, 0.4) is 0 Å². The molecule has 22 heavy (non-hydrogen) atoms. The molecule has 0 saturated heterocycles. The van der Waals surface area contributed by atoms with E-state index in [1.807, 2.05) is 19.1 Å². The highest BCUT2D eigenvalue weighted by Crippen LogP contribution is 2.36. The number of benzene rings is 1. The molecular weight excluding hydrogens is 288 g/mol. The Morgan fingerprint density at radius 3 is 2.73 bits per heavy atom. The summed E-state index contributed by atoms with van der Waals surface area (Å²) in [4.78, 5) is 13.3. The molecule has 0 saturated carbocycles. The molecule has 0 N–H and O–H groups in total. The Morgan fingerprint density at radius 1 is 1.27 bits per heavy atom. The van der Waals surface area contributed by atoms with Crippen LogP contribution in [0.5, 0.6) is 0 Å². The number of allylic oxidation sites excluding steroid dienone is 4. The van der Waals surface area contributed by atoms with Crippen LogP contribution in [0.4, 0.5) is 0 Å². The van der Waals surface area contributed by atoms with Crippen molar-refractivity contribution in [3.8, 4) is 0 Å². The van der Waals surface area contributed by atoms with Gasteiger partial charge in [-0.1, -0.05) is 68.9 Å². The van der Waals surface area contributed by atoms with E-state index >= 15 is 0 Å². The standard InChI is InChI=1S/C20H22OS/c1-12(2)9-14-7-8-19(22)18(11-14)15-5-4-6-16-17(15)10-13(3)20(16)21/h4-7,11-13H,8-10H2,1-3H3. The molecular formula is C20H22OS. The first-order valence-corrected chi connectivity index (χ1v) is 8.48. The van der Waals surface area contributed by atoms with Crippen LogP contribution in [-0.2, 0) is 6.42 Å². The maximum absolute atomic E-state index is 12.3. The van der Waals surface area contributed by atoms with E-state index in [1.165, 1.54) is 16.7 Å². The summed E-state index contributed by atoms with van der Waals surface area (Å²) in [6.07, 6.45) is 7.26. The van der Waals surface area contributed by atoms with Crippen molar-refractivity contribution in [2.24, 2.45) is 11.8 Å². The van der Waals surface area contributed by atoms with Crippen molar-refractivity contribution >= 4 is 28.4 Å².